The van der Waals surface area contributed by atoms with Gasteiger partial charge in [0.15, 0.2) is 5.82 Å². The van der Waals surface area contributed by atoms with Gasteiger partial charge in [0.1, 0.15) is 17.2 Å². The summed E-state index contributed by atoms with van der Waals surface area (Å²) in [6, 6.07) is 6.73. The summed E-state index contributed by atoms with van der Waals surface area (Å²) in [5, 5.41) is 3.42. The average molecular weight is 543 g/mol. The second-order valence-electron chi connectivity index (χ2n) is 9.68. The van der Waals surface area contributed by atoms with Crippen LogP contribution in [-0.4, -0.2) is 47.8 Å². The predicted molar refractivity (Wildman–Crippen MR) is 143 cm³/mol. The standard InChI is InChI=1S/C29H33F3N4O3/c1-3-17(21-14-18(30)4-8-22(21)31)12-13-34-24-9-6-19(39-26(24)15-27(33)37)5-7-20-23(32)16-35-25-10-11-28(38-2)36-29(20)25/h4-5,7-8,10-11,14,16-17,19,24,26,34H,3,6,9,12-13,15H2,1-2H3,(H2,33,37)/b7-5+/t17?,19-,24-,26-/m1/s1. The van der Waals surface area contributed by atoms with Crippen molar-refractivity contribution < 1.29 is 27.4 Å². The lowest BCUT2D eigenvalue weighted by Gasteiger charge is -2.36. The number of nitrogens with one attached hydrogen (secondary N) is 1. The average Bonchev–Trinajstić information content (AvgIpc) is 2.92. The number of halogens is 3. The Hall–Kier alpha value is -3.50. The van der Waals surface area contributed by atoms with E-state index in [1.54, 1.807) is 24.3 Å². The van der Waals surface area contributed by atoms with Gasteiger partial charge in [-0.05, 0) is 68.0 Å². The molecule has 0 bridgehead atoms. The molecule has 2 aromatic heterocycles. The number of methoxy groups -OCH3 is 1. The second-order valence-corrected chi connectivity index (χ2v) is 9.68. The van der Waals surface area contributed by atoms with Crippen molar-refractivity contribution in [2.24, 2.45) is 5.73 Å². The van der Waals surface area contributed by atoms with Crippen molar-refractivity contribution in [3.05, 3.63) is 71.2 Å². The highest BCUT2D eigenvalue weighted by atomic mass is 19.1. The summed E-state index contributed by atoms with van der Waals surface area (Å²) in [5.74, 6) is -1.71. The van der Waals surface area contributed by atoms with Gasteiger partial charge in [0, 0.05) is 17.7 Å². The van der Waals surface area contributed by atoms with E-state index in [-0.39, 0.29) is 30.0 Å². The molecule has 1 aliphatic rings. The highest BCUT2D eigenvalue weighted by Gasteiger charge is 2.31. The summed E-state index contributed by atoms with van der Waals surface area (Å²) in [5.41, 5.74) is 7.02. The molecule has 4 rings (SSSR count). The fraction of sp³-hybridized carbons (Fsp3) is 0.414. The lowest BCUT2D eigenvalue weighted by molar-refractivity contribution is -0.124. The van der Waals surface area contributed by atoms with Gasteiger partial charge in [0.05, 0.1) is 37.5 Å². The van der Waals surface area contributed by atoms with Crippen molar-refractivity contribution in [2.75, 3.05) is 13.7 Å². The molecule has 1 unspecified atom stereocenters. The van der Waals surface area contributed by atoms with Gasteiger partial charge in [0.2, 0.25) is 11.8 Å². The van der Waals surface area contributed by atoms with Gasteiger partial charge in [-0.3, -0.25) is 9.78 Å². The Bertz CT molecular complexity index is 1340. The van der Waals surface area contributed by atoms with Crippen LogP contribution >= 0.6 is 0 Å². The third-order valence-electron chi connectivity index (χ3n) is 7.12. The van der Waals surface area contributed by atoms with Crippen LogP contribution < -0.4 is 15.8 Å². The largest absolute Gasteiger partial charge is 0.481 e. The van der Waals surface area contributed by atoms with E-state index in [0.29, 0.717) is 54.7 Å². The fourth-order valence-corrected chi connectivity index (χ4v) is 5.05. The van der Waals surface area contributed by atoms with E-state index in [1.165, 1.54) is 13.2 Å². The summed E-state index contributed by atoms with van der Waals surface area (Å²) < 4.78 is 54.0. The van der Waals surface area contributed by atoms with Crippen LogP contribution in [0.2, 0.25) is 0 Å². The van der Waals surface area contributed by atoms with Gasteiger partial charge in [-0.1, -0.05) is 19.1 Å². The summed E-state index contributed by atoms with van der Waals surface area (Å²) in [6.07, 6.45) is 6.22. The Kier molecular flexibility index (Phi) is 9.53. The summed E-state index contributed by atoms with van der Waals surface area (Å²) in [7, 11) is 1.48. The van der Waals surface area contributed by atoms with Crippen molar-refractivity contribution in [1.82, 2.24) is 15.3 Å². The highest BCUT2D eigenvalue weighted by Crippen LogP contribution is 2.28. The number of rotatable bonds is 11. The van der Waals surface area contributed by atoms with Crippen molar-refractivity contribution in [3.63, 3.8) is 0 Å². The molecule has 208 valence electrons. The van der Waals surface area contributed by atoms with E-state index >= 15 is 0 Å². The third kappa shape index (κ3) is 7.13. The number of carbonyl (C=O) groups excluding carboxylic acids is 1. The minimum Gasteiger partial charge on any atom is -0.481 e. The highest BCUT2D eigenvalue weighted by molar-refractivity contribution is 5.84. The summed E-state index contributed by atoms with van der Waals surface area (Å²) >= 11 is 0. The molecule has 0 spiro atoms. The topological polar surface area (TPSA) is 99.4 Å². The maximum atomic E-state index is 14.7. The quantitative estimate of drug-likeness (QED) is 0.353. The molecule has 3 heterocycles. The van der Waals surface area contributed by atoms with E-state index in [4.69, 9.17) is 15.2 Å². The number of hydrogen-bond acceptors (Lipinski definition) is 6. The van der Waals surface area contributed by atoms with Crippen molar-refractivity contribution >= 4 is 23.0 Å². The number of ether oxygens (including phenoxy) is 2. The lowest BCUT2D eigenvalue weighted by atomic mass is 9.91. The minimum atomic E-state index is -0.524. The van der Waals surface area contributed by atoms with Crippen LogP contribution in [0.1, 0.15) is 56.1 Å². The van der Waals surface area contributed by atoms with Crippen LogP contribution in [0, 0.1) is 17.5 Å². The maximum Gasteiger partial charge on any atom is 0.220 e. The molecule has 3 aromatic rings. The molecular formula is C29H33F3N4O3. The molecule has 1 aromatic carbocycles. The molecular weight excluding hydrogens is 509 g/mol. The zero-order valence-corrected chi connectivity index (χ0v) is 22.0. The van der Waals surface area contributed by atoms with Crippen LogP contribution in [0.25, 0.3) is 17.1 Å². The molecule has 1 aliphatic heterocycles. The molecule has 1 amide bonds. The molecule has 10 heteroatoms. The normalized spacial score (nSPS) is 20.4. The van der Waals surface area contributed by atoms with Gasteiger partial charge in [-0.2, -0.15) is 0 Å². The molecule has 39 heavy (non-hydrogen) atoms. The van der Waals surface area contributed by atoms with E-state index < -0.39 is 29.5 Å². The van der Waals surface area contributed by atoms with Gasteiger partial charge in [-0.15, -0.1) is 0 Å². The zero-order chi connectivity index (χ0) is 27.9. The Morgan fingerprint density at radius 3 is 2.79 bits per heavy atom. The van der Waals surface area contributed by atoms with Crippen molar-refractivity contribution in [1.29, 1.82) is 0 Å². The van der Waals surface area contributed by atoms with Crippen LogP contribution in [-0.2, 0) is 9.53 Å². The van der Waals surface area contributed by atoms with Gasteiger partial charge < -0.3 is 20.5 Å². The Morgan fingerprint density at radius 2 is 2.05 bits per heavy atom. The van der Waals surface area contributed by atoms with E-state index in [9.17, 15) is 18.0 Å². The first-order valence-electron chi connectivity index (χ1n) is 13.1. The number of fused-ring (bicyclic) bond motifs is 1. The Morgan fingerprint density at radius 1 is 1.23 bits per heavy atom. The zero-order valence-electron chi connectivity index (χ0n) is 22.0. The summed E-state index contributed by atoms with van der Waals surface area (Å²) in [6.45, 7) is 2.46. The number of carbonyl (C=O) groups is 1. The SMILES string of the molecule is CCC(CCN[C@@H]1CC[C@@H](/C=C/c2c(F)cnc3ccc(OC)nc23)O[C@@H]1CC(N)=O)c1cc(F)ccc1F. The number of nitrogens with two attached hydrogens (primary N) is 1. The second kappa shape index (κ2) is 13.0. The smallest absolute Gasteiger partial charge is 0.220 e. The summed E-state index contributed by atoms with van der Waals surface area (Å²) in [4.78, 5) is 20.2. The molecule has 1 saturated heterocycles. The monoisotopic (exact) mass is 542 g/mol. The first-order chi connectivity index (χ1) is 18.8. The molecule has 0 radical (unpaired) electrons. The lowest BCUT2D eigenvalue weighted by Crippen LogP contribution is -2.48. The van der Waals surface area contributed by atoms with Gasteiger partial charge in [0.25, 0.3) is 0 Å². The Balaban J connectivity index is 1.42. The first kappa shape index (κ1) is 28.5. The minimum absolute atomic E-state index is 0.0169. The molecule has 1 fully saturated rings. The van der Waals surface area contributed by atoms with Crippen LogP contribution in [0.5, 0.6) is 5.88 Å². The van der Waals surface area contributed by atoms with Crippen LogP contribution in [0.15, 0.2) is 42.6 Å². The number of nitrogens with zero attached hydrogens (tertiary/aromatic N) is 2. The predicted octanol–water partition coefficient (Wildman–Crippen LogP) is 5.03. The van der Waals surface area contributed by atoms with Crippen LogP contribution in [0.4, 0.5) is 13.2 Å². The number of amides is 1. The van der Waals surface area contributed by atoms with Gasteiger partial charge >= 0.3 is 0 Å². The van der Waals surface area contributed by atoms with Crippen molar-refractivity contribution in [3.8, 4) is 5.88 Å². The van der Waals surface area contributed by atoms with E-state index in [2.05, 4.69) is 15.3 Å². The molecule has 0 saturated carbocycles. The number of benzene rings is 1. The van der Waals surface area contributed by atoms with E-state index in [1.807, 2.05) is 6.92 Å². The van der Waals surface area contributed by atoms with Crippen LogP contribution in [0.3, 0.4) is 0 Å². The number of aromatic nitrogens is 2. The number of hydrogen-bond donors (Lipinski definition) is 2. The Labute approximate surface area is 225 Å². The maximum absolute atomic E-state index is 14.7. The molecule has 7 nitrogen and oxygen atoms in total. The fourth-order valence-electron chi connectivity index (χ4n) is 5.05. The molecule has 4 atom stereocenters. The van der Waals surface area contributed by atoms with Crippen molar-refractivity contribution in [2.45, 2.75) is 63.2 Å². The van der Waals surface area contributed by atoms with Gasteiger partial charge in [-0.25, -0.2) is 18.2 Å². The number of primary amides is 1. The molecule has 0 aliphatic carbocycles. The third-order valence-corrected chi connectivity index (χ3v) is 7.12. The van der Waals surface area contributed by atoms with E-state index in [0.717, 1.165) is 18.3 Å². The number of pyridine rings is 2. The first-order valence-corrected chi connectivity index (χ1v) is 13.1. The molecule has 3 N–H and O–H groups in total.